The summed E-state index contributed by atoms with van der Waals surface area (Å²) in [5, 5.41) is 3.24. The van der Waals surface area contributed by atoms with E-state index in [0.29, 0.717) is 5.71 Å². The third-order valence-corrected chi connectivity index (χ3v) is 5.79. The number of benzene rings is 2. The zero-order chi connectivity index (χ0) is 19.8. The standard InChI is InChI=1S/C24H24N4O/c1-2-26-19-15-27-23-21(28-19)20(16-7-4-3-5-8-16)22(29-23)17-9-11-18(12-10-17)24(25)13-6-14-24/h3-5,7-12,15H,2,6,13-14,25H2,1H3,(H,26,28). The molecule has 1 saturated carbocycles. The molecule has 29 heavy (non-hydrogen) atoms. The summed E-state index contributed by atoms with van der Waals surface area (Å²) in [6, 6.07) is 18.7. The first-order chi connectivity index (χ1) is 14.2. The van der Waals surface area contributed by atoms with Crippen LogP contribution in [0.5, 0.6) is 0 Å². The zero-order valence-corrected chi connectivity index (χ0v) is 16.5. The summed E-state index contributed by atoms with van der Waals surface area (Å²) in [5.41, 5.74) is 11.8. The van der Waals surface area contributed by atoms with Crippen molar-refractivity contribution in [1.82, 2.24) is 9.97 Å². The molecule has 4 aromatic rings. The average Bonchev–Trinajstić information content (AvgIpc) is 3.12. The number of nitrogens with two attached hydrogens (primary N) is 1. The molecule has 1 fully saturated rings. The number of fused-ring (bicyclic) bond motifs is 1. The van der Waals surface area contributed by atoms with Crippen LogP contribution in [0.4, 0.5) is 5.82 Å². The molecular formula is C24H24N4O. The van der Waals surface area contributed by atoms with Crippen LogP contribution in [0.15, 0.2) is 65.2 Å². The molecule has 0 saturated heterocycles. The molecule has 2 heterocycles. The predicted molar refractivity (Wildman–Crippen MR) is 117 cm³/mol. The molecule has 0 radical (unpaired) electrons. The Bertz CT molecular complexity index is 1140. The first-order valence-electron chi connectivity index (χ1n) is 10.2. The molecule has 0 bridgehead atoms. The third-order valence-electron chi connectivity index (χ3n) is 5.79. The highest BCUT2D eigenvalue weighted by Crippen LogP contribution is 2.42. The van der Waals surface area contributed by atoms with E-state index < -0.39 is 0 Å². The van der Waals surface area contributed by atoms with Crippen LogP contribution in [-0.4, -0.2) is 16.5 Å². The van der Waals surface area contributed by atoms with Gasteiger partial charge in [0.1, 0.15) is 17.1 Å². The SMILES string of the molecule is CCNc1cnc2oc(-c3ccc(C4(N)CCC4)cc3)c(-c3ccccc3)c2n1. The smallest absolute Gasteiger partial charge is 0.246 e. The monoisotopic (exact) mass is 384 g/mol. The van der Waals surface area contributed by atoms with Crippen molar-refractivity contribution in [3.8, 4) is 22.5 Å². The van der Waals surface area contributed by atoms with Crippen molar-refractivity contribution < 1.29 is 4.42 Å². The molecule has 2 aromatic carbocycles. The number of hydrogen-bond donors (Lipinski definition) is 2. The minimum Gasteiger partial charge on any atom is -0.436 e. The van der Waals surface area contributed by atoms with Gasteiger partial charge in [-0.05, 0) is 37.3 Å². The van der Waals surface area contributed by atoms with Crippen LogP contribution < -0.4 is 11.1 Å². The number of anilines is 1. The van der Waals surface area contributed by atoms with E-state index >= 15 is 0 Å². The van der Waals surface area contributed by atoms with Crippen LogP contribution >= 0.6 is 0 Å². The number of aromatic nitrogens is 2. The summed E-state index contributed by atoms with van der Waals surface area (Å²) in [5.74, 6) is 1.53. The second-order valence-electron chi connectivity index (χ2n) is 7.70. The van der Waals surface area contributed by atoms with Crippen molar-refractivity contribution in [2.45, 2.75) is 31.7 Å². The van der Waals surface area contributed by atoms with E-state index in [1.54, 1.807) is 6.20 Å². The van der Waals surface area contributed by atoms with Gasteiger partial charge in [-0.25, -0.2) is 9.97 Å². The van der Waals surface area contributed by atoms with Crippen molar-refractivity contribution in [3.05, 3.63) is 66.4 Å². The minimum atomic E-state index is -0.168. The highest BCUT2D eigenvalue weighted by atomic mass is 16.3. The van der Waals surface area contributed by atoms with Gasteiger partial charge >= 0.3 is 0 Å². The van der Waals surface area contributed by atoms with Gasteiger partial charge in [0.25, 0.3) is 0 Å². The molecule has 1 aliphatic carbocycles. The maximum absolute atomic E-state index is 6.49. The molecule has 0 aliphatic heterocycles. The lowest BCUT2D eigenvalue weighted by atomic mass is 9.72. The Labute approximate surface area is 170 Å². The van der Waals surface area contributed by atoms with Gasteiger partial charge < -0.3 is 15.5 Å². The molecule has 5 rings (SSSR count). The van der Waals surface area contributed by atoms with Gasteiger partial charge in [0.15, 0.2) is 0 Å². The van der Waals surface area contributed by atoms with Gasteiger partial charge in [-0.15, -0.1) is 0 Å². The van der Waals surface area contributed by atoms with Crippen LogP contribution in [0.2, 0.25) is 0 Å². The summed E-state index contributed by atoms with van der Waals surface area (Å²) in [6.45, 7) is 2.83. The molecule has 0 spiro atoms. The van der Waals surface area contributed by atoms with E-state index in [1.165, 1.54) is 12.0 Å². The quantitative estimate of drug-likeness (QED) is 0.486. The van der Waals surface area contributed by atoms with Crippen LogP contribution in [-0.2, 0) is 5.54 Å². The number of nitrogens with one attached hydrogen (secondary N) is 1. The predicted octanol–water partition coefficient (Wildman–Crippen LogP) is 5.33. The van der Waals surface area contributed by atoms with E-state index in [0.717, 1.165) is 53.2 Å². The Morgan fingerprint density at radius 3 is 2.45 bits per heavy atom. The van der Waals surface area contributed by atoms with Crippen molar-refractivity contribution >= 4 is 17.0 Å². The maximum Gasteiger partial charge on any atom is 0.246 e. The summed E-state index contributed by atoms with van der Waals surface area (Å²) >= 11 is 0. The van der Waals surface area contributed by atoms with E-state index in [4.69, 9.17) is 15.1 Å². The van der Waals surface area contributed by atoms with E-state index in [-0.39, 0.29) is 5.54 Å². The molecule has 5 heteroatoms. The van der Waals surface area contributed by atoms with Gasteiger partial charge in [-0.2, -0.15) is 0 Å². The van der Waals surface area contributed by atoms with Crippen LogP contribution in [0.1, 0.15) is 31.7 Å². The molecule has 2 aromatic heterocycles. The molecule has 1 aliphatic rings. The fraction of sp³-hybridized carbons (Fsp3) is 0.250. The maximum atomic E-state index is 6.49. The molecule has 0 amide bonds. The Kier molecular flexibility index (Phi) is 4.32. The van der Waals surface area contributed by atoms with Crippen molar-refractivity contribution in [2.75, 3.05) is 11.9 Å². The molecule has 0 unspecified atom stereocenters. The first kappa shape index (κ1) is 17.9. The van der Waals surface area contributed by atoms with Crippen molar-refractivity contribution in [2.24, 2.45) is 5.73 Å². The number of nitrogens with zero attached hydrogens (tertiary/aromatic N) is 2. The fourth-order valence-corrected chi connectivity index (χ4v) is 4.01. The van der Waals surface area contributed by atoms with Crippen molar-refractivity contribution in [3.63, 3.8) is 0 Å². The summed E-state index contributed by atoms with van der Waals surface area (Å²) in [4.78, 5) is 9.28. The molecule has 0 atom stereocenters. The Balaban J connectivity index is 1.66. The van der Waals surface area contributed by atoms with Gasteiger partial charge in [0.05, 0.1) is 11.8 Å². The van der Waals surface area contributed by atoms with Crippen molar-refractivity contribution in [1.29, 1.82) is 0 Å². The lowest BCUT2D eigenvalue weighted by Crippen LogP contribution is -2.43. The number of hydrogen-bond acceptors (Lipinski definition) is 5. The van der Waals surface area contributed by atoms with Crippen LogP contribution in [0.3, 0.4) is 0 Å². The van der Waals surface area contributed by atoms with Gasteiger partial charge in [0.2, 0.25) is 5.71 Å². The summed E-state index contributed by atoms with van der Waals surface area (Å²) in [6.07, 6.45) is 5.01. The van der Waals surface area contributed by atoms with Crippen LogP contribution in [0.25, 0.3) is 33.7 Å². The van der Waals surface area contributed by atoms with E-state index in [1.807, 2.05) is 25.1 Å². The summed E-state index contributed by atoms with van der Waals surface area (Å²) < 4.78 is 6.21. The Hall–Kier alpha value is -3.18. The summed E-state index contributed by atoms with van der Waals surface area (Å²) in [7, 11) is 0. The topological polar surface area (TPSA) is 77.0 Å². The van der Waals surface area contributed by atoms with E-state index in [9.17, 15) is 0 Å². The van der Waals surface area contributed by atoms with Gasteiger partial charge in [-0.3, -0.25) is 0 Å². The first-order valence-corrected chi connectivity index (χ1v) is 10.2. The lowest BCUT2D eigenvalue weighted by Gasteiger charge is -2.38. The zero-order valence-electron chi connectivity index (χ0n) is 16.5. The normalized spacial score (nSPS) is 15.2. The van der Waals surface area contributed by atoms with Gasteiger partial charge in [-0.1, -0.05) is 54.6 Å². The highest BCUT2D eigenvalue weighted by molar-refractivity contribution is 5.98. The second kappa shape index (κ2) is 7.01. The lowest BCUT2D eigenvalue weighted by molar-refractivity contribution is 0.253. The minimum absolute atomic E-state index is 0.168. The Morgan fingerprint density at radius 1 is 1.03 bits per heavy atom. The fourth-order valence-electron chi connectivity index (χ4n) is 4.01. The Morgan fingerprint density at radius 2 is 1.79 bits per heavy atom. The molecule has 3 N–H and O–H groups in total. The number of rotatable bonds is 5. The largest absolute Gasteiger partial charge is 0.436 e. The second-order valence-corrected chi connectivity index (χ2v) is 7.70. The van der Waals surface area contributed by atoms with E-state index in [2.05, 4.69) is 46.7 Å². The highest BCUT2D eigenvalue weighted by Gasteiger charge is 2.34. The van der Waals surface area contributed by atoms with Gasteiger partial charge in [0, 0.05) is 17.6 Å². The van der Waals surface area contributed by atoms with Crippen LogP contribution in [0, 0.1) is 0 Å². The molecular weight excluding hydrogens is 360 g/mol. The third kappa shape index (κ3) is 3.08. The number of furan rings is 1. The molecule has 146 valence electrons. The molecule has 5 nitrogen and oxygen atoms in total. The average molecular weight is 384 g/mol.